The smallest absolute Gasteiger partial charge is 0.269 e. The largest absolute Gasteiger partial charge is 0.383 e. The number of nitro benzene ring substituents is 1. The molecule has 7 nitrogen and oxygen atoms in total. The van der Waals surface area contributed by atoms with Crippen LogP contribution < -0.4 is 0 Å². The van der Waals surface area contributed by atoms with Gasteiger partial charge in [0.1, 0.15) is 0 Å². The second-order valence-corrected chi connectivity index (χ2v) is 6.57. The van der Waals surface area contributed by atoms with E-state index in [0.717, 1.165) is 44.5 Å². The lowest BCUT2D eigenvalue weighted by Gasteiger charge is -2.34. The van der Waals surface area contributed by atoms with Gasteiger partial charge in [0, 0.05) is 45.9 Å². The first-order valence-corrected chi connectivity index (χ1v) is 8.71. The van der Waals surface area contributed by atoms with Gasteiger partial charge in [-0.25, -0.2) is 0 Å². The van der Waals surface area contributed by atoms with E-state index < -0.39 is 0 Å². The molecule has 0 spiro atoms. The van der Waals surface area contributed by atoms with Gasteiger partial charge in [-0.2, -0.15) is 0 Å². The summed E-state index contributed by atoms with van der Waals surface area (Å²) in [5.41, 5.74) is 1.20. The molecule has 1 amide bonds. The van der Waals surface area contributed by atoms with Gasteiger partial charge in [0.05, 0.1) is 17.4 Å². The topological polar surface area (TPSA) is 75.9 Å². The Morgan fingerprint density at radius 3 is 2.76 bits per heavy atom. The minimum Gasteiger partial charge on any atom is -0.383 e. The van der Waals surface area contributed by atoms with Gasteiger partial charge in [0.2, 0.25) is 5.91 Å². The molecule has 0 aliphatic carbocycles. The van der Waals surface area contributed by atoms with Crippen LogP contribution in [0.4, 0.5) is 5.69 Å². The minimum atomic E-state index is -0.384. The molecule has 0 bridgehead atoms. The lowest BCUT2D eigenvalue weighted by atomic mass is 9.96. The van der Waals surface area contributed by atoms with Crippen LogP contribution in [-0.4, -0.2) is 67.6 Å². The molecule has 1 aromatic carbocycles. The van der Waals surface area contributed by atoms with E-state index in [-0.39, 0.29) is 22.4 Å². The molecule has 1 aliphatic heterocycles. The van der Waals surface area contributed by atoms with Gasteiger partial charge < -0.3 is 14.5 Å². The molecular weight excluding hydrogens is 322 g/mol. The van der Waals surface area contributed by atoms with Crippen LogP contribution >= 0.6 is 0 Å². The van der Waals surface area contributed by atoms with Crippen LogP contribution in [0.15, 0.2) is 24.3 Å². The Kier molecular flexibility index (Phi) is 7.33. The Bertz CT molecular complexity index is 576. The maximum atomic E-state index is 12.5. The van der Waals surface area contributed by atoms with E-state index in [4.69, 9.17) is 4.74 Å². The van der Waals surface area contributed by atoms with E-state index >= 15 is 0 Å². The van der Waals surface area contributed by atoms with E-state index in [1.54, 1.807) is 24.1 Å². The van der Waals surface area contributed by atoms with Crippen molar-refractivity contribution in [3.8, 4) is 0 Å². The molecule has 0 aromatic heterocycles. The number of rotatable bonds is 8. The summed E-state index contributed by atoms with van der Waals surface area (Å²) in [5, 5.41) is 10.7. The third kappa shape index (κ3) is 5.79. The van der Waals surface area contributed by atoms with Crippen molar-refractivity contribution >= 4 is 11.6 Å². The maximum Gasteiger partial charge on any atom is 0.269 e. The van der Waals surface area contributed by atoms with Gasteiger partial charge in [0.25, 0.3) is 5.69 Å². The van der Waals surface area contributed by atoms with E-state index in [1.807, 2.05) is 19.2 Å². The number of carbonyl (C=O) groups excluding carboxylic acids is 1. The van der Waals surface area contributed by atoms with E-state index in [2.05, 4.69) is 4.90 Å². The minimum absolute atomic E-state index is 0.0486. The molecule has 1 aromatic rings. The molecule has 1 unspecified atom stereocenters. The zero-order valence-corrected chi connectivity index (χ0v) is 15.0. The number of ether oxygens (including phenoxy) is 1. The first kappa shape index (κ1) is 19.3. The Labute approximate surface area is 148 Å². The summed E-state index contributed by atoms with van der Waals surface area (Å²) in [6, 6.07) is 6.71. The van der Waals surface area contributed by atoms with Crippen molar-refractivity contribution in [1.29, 1.82) is 0 Å². The number of likely N-dealkylation sites (N-methyl/N-ethyl adjacent to an activating group) is 1. The first-order chi connectivity index (χ1) is 12.0. The summed E-state index contributed by atoms with van der Waals surface area (Å²) in [6.45, 7) is 3.82. The monoisotopic (exact) mass is 349 g/mol. The molecule has 7 heteroatoms. The van der Waals surface area contributed by atoms with Crippen molar-refractivity contribution in [1.82, 2.24) is 9.80 Å². The van der Waals surface area contributed by atoms with Crippen molar-refractivity contribution < 1.29 is 14.5 Å². The number of non-ortho nitro benzene ring substituents is 1. The molecule has 0 radical (unpaired) electrons. The fraction of sp³-hybridized carbons (Fsp3) is 0.611. The van der Waals surface area contributed by atoms with Gasteiger partial charge in [0.15, 0.2) is 0 Å². The Morgan fingerprint density at radius 1 is 1.40 bits per heavy atom. The number of carbonyl (C=O) groups is 1. The van der Waals surface area contributed by atoms with Crippen LogP contribution in [0.3, 0.4) is 0 Å². The van der Waals surface area contributed by atoms with E-state index in [0.29, 0.717) is 13.2 Å². The summed E-state index contributed by atoms with van der Waals surface area (Å²) in [6.07, 6.45) is 2.79. The van der Waals surface area contributed by atoms with Crippen LogP contribution in [0.25, 0.3) is 0 Å². The van der Waals surface area contributed by atoms with Crippen LogP contribution in [0.2, 0.25) is 0 Å². The average molecular weight is 349 g/mol. The predicted molar refractivity (Wildman–Crippen MR) is 95.5 cm³/mol. The molecule has 1 saturated heterocycles. The van der Waals surface area contributed by atoms with Gasteiger partial charge in [-0.1, -0.05) is 12.1 Å². The summed E-state index contributed by atoms with van der Waals surface area (Å²) in [4.78, 5) is 26.9. The summed E-state index contributed by atoms with van der Waals surface area (Å²) in [5.74, 6) is 0.240. The standard InChI is InChI=1S/C18H27N3O4/c1-19(12-13-25-2)18(22)16-4-3-10-20(14-16)11-9-15-5-7-17(8-6-15)21(23)24/h5-8,16H,3-4,9-14H2,1-2H3. The quantitative estimate of drug-likeness (QED) is 0.530. The highest BCUT2D eigenvalue weighted by molar-refractivity contribution is 5.78. The van der Waals surface area contributed by atoms with Crippen LogP contribution in [0.5, 0.6) is 0 Å². The highest BCUT2D eigenvalue weighted by Crippen LogP contribution is 2.19. The molecule has 1 fully saturated rings. The second kappa shape index (κ2) is 9.48. The van der Waals surface area contributed by atoms with Gasteiger partial charge >= 0.3 is 0 Å². The third-order valence-corrected chi connectivity index (χ3v) is 4.73. The fourth-order valence-electron chi connectivity index (χ4n) is 3.18. The molecule has 1 atom stereocenters. The van der Waals surface area contributed by atoms with Crippen molar-refractivity contribution in [3.05, 3.63) is 39.9 Å². The number of amides is 1. The predicted octanol–water partition coefficient (Wildman–Crippen LogP) is 1.95. The number of nitrogens with zero attached hydrogens (tertiary/aromatic N) is 3. The lowest BCUT2D eigenvalue weighted by Crippen LogP contribution is -2.44. The Morgan fingerprint density at radius 2 is 2.12 bits per heavy atom. The number of likely N-dealkylation sites (tertiary alicyclic amines) is 1. The fourth-order valence-corrected chi connectivity index (χ4v) is 3.18. The molecule has 0 saturated carbocycles. The summed E-state index contributed by atoms with van der Waals surface area (Å²) in [7, 11) is 3.47. The number of hydrogen-bond donors (Lipinski definition) is 0. The second-order valence-electron chi connectivity index (χ2n) is 6.57. The van der Waals surface area contributed by atoms with Crippen molar-refractivity contribution in [3.63, 3.8) is 0 Å². The normalized spacial score (nSPS) is 18.1. The molecule has 1 heterocycles. The van der Waals surface area contributed by atoms with Gasteiger partial charge in [-0.3, -0.25) is 14.9 Å². The SMILES string of the molecule is COCCN(C)C(=O)C1CCCN(CCc2ccc([N+](=O)[O-])cc2)C1. The lowest BCUT2D eigenvalue weighted by molar-refractivity contribution is -0.384. The van der Waals surface area contributed by atoms with Crippen LogP contribution in [-0.2, 0) is 16.0 Å². The van der Waals surface area contributed by atoms with E-state index in [9.17, 15) is 14.9 Å². The zero-order chi connectivity index (χ0) is 18.2. The van der Waals surface area contributed by atoms with Crippen molar-refractivity contribution in [2.45, 2.75) is 19.3 Å². The molecule has 138 valence electrons. The number of piperidine rings is 1. The van der Waals surface area contributed by atoms with Gasteiger partial charge in [-0.15, -0.1) is 0 Å². The maximum absolute atomic E-state index is 12.5. The highest BCUT2D eigenvalue weighted by atomic mass is 16.6. The Hall–Kier alpha value is -1.99. The number of hydrogen-bond acceptors (Lipinski definition) is 5. The number of methoxy groups -OCH3 is 1. The van der Waals surface area contributed by atoms with Crippen LogP contribution in [0, 0.1) is 16.0 Å². The molecule has 25 heavy (non-hydrogen) atoms. The highest BCUT2D eigenvalue weighted by Gasteiger charge is 2.27. The number of nitro groups is 1. The van der Waals surface area contributed by atoms with Crippen molar-refractivity contribution in [2.75, 3.05) is 46.9 Å². The molecule has 1 aliphatic rings. The summed E-state index contributed by atoms with van der Waals surface area (Å²) < 4.78 is 5.04. The number of benzene rings is 1. The van der Waals surface area contributed by atoms with E-state index in [1.165, 1.54) is 0 Å². The molecule has 2 rings (SSSR count). The van der Waals surface area contributed by atoms with Crippen LogP contribution in [0.1, 0.15) is 18.4 Å². The summed E-state index contributed by atoms with van der Waals surface area (Å²) >= 11 is 0. The van der Waals surface area contributed by atoms with Gasteiger partial charge in [-0.05, 0) is 31.4 Å². The molecule has 0 N–H and O–H groups in total. The Balaban J connectivity index is 1.82. The third-order valence-electron chi connectivity index (χ3n) is 4.73. The zero-order valence-electron chi connectivity index (χ0n) is 15.0. The average Bonchev–Trinajstić information content (AvgIpc) is 2.64. The molecular formula is C18H27N3O4. The van der Waals surface area contributed by atoms with Crippen molar-refractivity contribution in [2.24, 2.45) is 5.92 Å². The first-order valence-electron chi connectivity index (χ1n) is 8.71.